The Kier molecular flexibility index (Phi) is 3.48. The first kappa shape index (κ1) is 14.7. The molecule has 0 aliphatic carbocycles. The van der Waals surface area contributed by atoms with E-state index in [1.54, 1.807) is 24.9 Å². The summed E-state index contributed by atoms with van der Waals surface area (Å²) in [5, 5.41) is 4.43. The van der Waals surface area contributed by atoms with Gasteiger partial charge in [0, 0.05) is 25.2 Å². The summed E-state index contributed by atoms with van der Waals surface area (Å²) in [6.45, 7) is 3.72. The Bertz CT molecular complexity index is 886. The van der Waals surface area contributed by atoms with Gasteiger partial charge in [-0.05, 0) is 30.7 Å². The lowest BCUT2D eigenvalue weighted by atomic mass is 9.91. The Balaban J connectivity index is 1.55. The molecule has 1 aliphatic rings. The molecule has 0 atom stereocenters. The first-order valence-corrected chi connectivity index (χ1v) is 7.85. The summed E-state index contributed by atoms with van der Waals surface area (Å²) in [6.07, 6.45) is 1.78. The largest absolute Gasteiger partial charge is 0.493 e. The van der Waals surface area contributed by atoms with E-state index in [-0.39, 0.29) is 0 Å². The van der Waals surface area contributed by atoms with Gasteiger partial charge in [-0.2, -0.15) is 9.50 Å². The van der Waals surface area contributed by atoms with E-state index < -0.39 is 0 Å². The lowest BCUT2D eigenvalue weighted by molar-refractivity contribution is 0.353. The SMILES string of the molecule is COc1ccc(C2CN(c3ccnc4nc(C)nn34)C2)cc1OC. The maximum Gasteiger partial charge on any atom is 0.254 e. The minimum absolute atomic E-state index is 0.456. The molecule has 0 radical (unpaired) electrons. The van der Waals surface area contributed by atoms with Gasteiger partial charge in [0.25, 0.3) is 5.78 Å². The van der Waals surface area contributed by atoms with Crippen molar-refractivity contribution in [3.8, 4) is 11.5 Å². The lowest BCUT2D eigenvalue weighted by Crippen LogP contribution is -2.46. The van der Waals surface area contributed by atoms with Gasteiger partial charge in [0.1, 0.15) is 11.6 Å². The van der Waals surface area contributed by atoms with E-state index in [2.05, 4.69) is 32.1 Å². The molecule has 3 aromatic rings. The predicted molar refractivity (Wildman–Crippen MR) is 90.0 cm³/mol. The Morgan fingerprint density at radius 1 is 1.08 bits per heavy atom. The Morgan fingerprint density at radius 3 is 2.62 bits per heavy atom. The van der Waals surface area contributed by atoms with Crippen molar-refractivity contribution in [2.45, 2.75) is 12.8 Å². The summed E-state index contributed by atoms with van der Waals surface area (Å²) >= 11 is 0. The Labute approximate surface area is 139 Å². The number of aryl methyl sites for hydroxylation is 1. The van der Waals surface area contributed by atoms with Crippen LogP contribution in [0, 0.1) is 6.92 Å². The summed E-state index contributed by atoms with van der Waals surface area (Å²) in [7, 11) is 3.31. The van der Waals surface area contributed by atoms with Crippen molar-refractivity contribution < 1.29 is 9.47 Å². The molecule has 0 N–H and O–H groups in total. The minimum Gasteiger partial charge on any atom is -0.493 e. The zero-order valence-corrected chi connectivity index (χ0v) is 13.9. The van der Waals surface area contributed by atoms with Crippen molar-refractivity contribution in [1.29, 1.82) is 0 Å². The highest BCUT2D eigenvalue weighted by Gasteiger charge is 2.30. The topological polar surface area (TPSA) is 64.8 Å². The molecule has 3 heterocycles. The first-order valence-electron chi connectivity index (χ1n) is 7.85. The summed E-state index contributed by atoms with van der Waals surface area (Å²) in [4.78, 5) is 10.9. The number of benzene rings is 1. The zero-order valence-electron chi connectivity index (χ0n) is 13.9. The third kappa shape index (κ3) is 2.33. The molecule has 0 bridgehead atoms. The van der Waals surface area contributed by atoms with Gasteiger partial charge < -0.3 is 14.4 Å². The van der Waals surface area contributed by atoms with Crippen LogP contribution in [0.25, 0.3) is 5.78 Å². The van der Waals surface area contributed by atoms with Gasteiger partial charge >= 0.3 is 0 Å². The van der Waals surface area contributed by atoms with E-state index in [4.69, 9.17) is 9.47 Å². The van der Waals surface area contributed by atoms with E-state index in [0.29, 0.717) is 11.7 Å². The average molecular weight is 325 g/mol. The quantitative estimate of drug-likeness (QED) is 0.731. The summed E-state index contributed by atoms with van der Waals surface area (Å²) < 4.78 is 12.5. The van der Waals surface area contributed by atoms with Gasteiger partial charge in [-0.1, -0.05) is 6.07 Å². The fourth-order valence-corrected chi connectivity index (χ4v) is 3.10. The minimum atomic E-state index is 0.456. The van der Waals surface area contributed by atoms with Gasteiger partial charge in [-0.3, -0.25) is 0 Å². The summed E-state index contributed by atoms with van der Waals surface area (Å²) in [6, 6.07) is 8.10. The van der Waals surface area contributed by atoms with Gasteiger partial charge in [0.2, 0.25) is 0 Å². The zero-order chi connectivity index (χ0) is 16.7. The molecular formula is C17H19N5O2. The number of methoxy groups -OCH3 is 2. The van der Waals surface area contributed by atoms with Crippen LogP contribution < -0.4 is 14.4 Å². The fraction of sp³-hybridized carbons (Fsp3) is 0.353. The number of nitrogens with zero attached hydrogens (tertiary/aromatic N) is 5. The molecule has 0 saturated carbocycles. The molecule has 0 spiro atoms. The molecule has 24 heavy (non-hydrogen) atoms. The average Bonchev–Trinajstić information content (AvgIpc) is 2.94. The van der Waals surface area contributed by atoms with Gasteiger partial charge in [-0.15, -0.1) is 5.10 Å². The van der Waals surface area contributed by atoms with E-state index >= 15 is 0 Å². The Hall–Kier alpha value is -2.83. The second kappa shape index (κ2) is 5.67. The van der Waals surface area contributed by atoms with Crippen molar-refractivity contribution in [1.82, 2.24) is 19.6 Å². The summed E-state index contributed by atoms with van der Waals surface area (Å²) in [5.41, 5.74) is 1.25. The number of rotatable bonds is 4. The molecule has 1 aromatic carbocycles. The van der Waals surface area contributed by atoms with Gasteiger partial charge in [0.05, 0.1) is 14.2 Å². The van der Waals surface area contributed by atoms with E-state index in [1.165, 1.54) is 5.56 Å². The van der Waals surface area contributed by atoms with Crippen molar-refractivity contribution >= 4 is 11.6 Å². The van der Waals surface area contributed by atoms with Crippen LogP contribution in [0.2, 0.25) is 0 Å². The van der Waals surface area contributed by atoms with Crippen molar-refractivity contribution in [2.75, 3.05) is 32.2 Å². The number of anilines is 1. The molecule has 2 aromatic heterocycles. The van der Waals surface area contributed by atoms with Crippen molar-refractivity contribution in [3.63, 3.8) is 0 Å². The van der Waals surface area contributed by atoms with Crippen LogP contribution >= 0.6 is 0 Å². The highest BCUT2D eigenvalue weighted by Crippen LogP contribution is 2.36. The van der Waals surface area contributed by atoms with Crippen molar-refractivity contribution in [3.05, 3.63) is 41.9 Å². The molecule has 1 fully saturated rings. The summed E-state index contributed by atoms with van der Waals surface area (Å²) in [5.74, 6) is 4.37. The maximum absolute atomic E-state index is 5.40. The van der Waals surface area contributed by atoms with E-state index in [9.17, 15) is 0 Å². The predicted octanol–water partition coefficient (Wildman–Crippen LogP) is 2.05. The number of aromatic nitrogens is 4. The fourth-order valence-electron chi connectivity index (χ4n) is 3.10. The molecule has 1 aliphatic heterocycles. The number of hydrogen-bond acceptors (Lipinski definition) is 6. The molecule has 7 heteroatoms. The number of fused-ring (bicyclic) bond motifs is 1. The normalized spacial score (nSPS) is 14.7. The smallest absolute Gasteiger partial charge is 0.254 e. The molecular weight excluding hydrogens is 306 g/mol. The third-order valence-corrected chi connectivity index (χ3v) is 4.41. The Morgan fingerprint density at radius 2 is 1.88 bits per heavy atom. The van der Waals surface area contributed by atoms with E-state index in [0.717, 1.165) is 36.2 Å². The highest BCUT2D eigenvalue weighted by molar-refractivity contribution is 5.51. The third-order valence-electron chi connectivity index (χ3n) is 4.41. The molecule has 7 nitrogen and oxygen atoms in total. The molecule has 0 amide bonds. The van der Waals surface area contributed by atoms with Gasteiger partial charge in [-0.25, -0.2) is 4.98 Å². The van der Waals surface area contributed by atoms with Crippen LogP contribution in [0.5, 0.6) is 11.5 Å². The highest BCUT2D eigenvalue weighted by atomic mass is 16.5. The number of ether oxygens (including phenoxy) is 2. The molecule has 1 saturated heterocycles. The van der Waals surface area contributed by atoms with Crippen LogP contribution in [0.1, 0.15) is 17.3 Å². The van der Waals surface area contributed by atoms with Crippen LogP contribution in [-0.2, 0) is 0 Å². The van der Waals surface area contributed by atoms with E-state index in [1.807, 2.05) is 19.1 Å². The molecule has 4 rings (SSSR count). The molecule has 0 unspecified atom stereocenters. The van der Waals surface area contributed by atoms with Gasteiger partial charge in [0.15, 0.2) is 11.5 Å². The van der Waals surface area contributed by atoms with Crippen LogP contribution in [-0.4, -0.2) is 46.9 Å². The first-order chi connectivity index (χ1) is 11.7. The monoisotopic (exact) mass is 325 g/mol. The lowest BCUT2D eigenvalue weighted by Gasteiger charge is -2.41. The van der Waals surface area contributed by atoms with Crippen LogP contribution in [0.15, 0.2) is 30.5 Å². The second-order valence-electron chi connectivity index (χ2n) is 5.89. The molecule has 124 valence electrons. The van der Waals surface area contributed by atoms with Crippen LogP contribution in [0.4, 0.5) is 5.82 Å². The maximum atomic E-state index is 5.40. The van der Waals surface area contributed by atoms with Crippen LogP contribution in [0.3, 0.4) is 0 Å². The van der Waals surface area contributed by atoms with Crippen molar-refractivity contribution in [2.24, 2.45) is 0 Å². The standard InChI is InChI=1S/C17H19N5O2/c1-11-19-17-18-7-6-16(22(17)20-11)21-9-13(10-21)12-4-5-14(23-2)15(8-12)24-3/h4-8,13H,9-10H2,1-3H3. The second-order valence-corrected chi connectivity index (χ2v) is 5.89. The number of hydrogen-bond donors (Lipinski definition) is 0.